The molecule has 0 aromatic heterocycles. The Balaban J connectivity index is 0.000000169. The molecule has 1 N–H and O–H groups in total. The minimum Gasteiger partial charge on any atom is -0.316 e. The van der Waals surface area contributed by atoms with Crippen molar-refractivity contribution in [2.45, 2.75) is 71.9 Å². The summed E-state index contributed by atoms with van der Waals surface area (Å²) in [7, 11) is 2.14. The molecule has 3 nitrogen and oxygen atoms in total. The summed E-state index contributed by atoms with van der Waals surface area (Å²) in [5.41, 5.74) is 2.64. The molecule has 0 spiro atoms. The number of likely N-dealkylation sites (tertiary alicyclic amines) is 1. The molecule has 1 aromatic carbocycles. The van der Waals surface area contributed by atoms with Crippen LogP contribution in [0, 0.1) is 36.5 Å². The van der Waals surface area contributed by atoms with Crippen LogP contribution < -0.4 is 5.32 Å². The molecule has 3 heteroatoms. The Morgan fingerprint density at radius 1 is 1.10 bits per heavy atom. The van der Waals surface area contributed by atoms with Gasteiger partial charge in [0.15, 0.2) is 0 Å². The Morgan fingerprint density at radius 2 is 1.86 bits per heavy atom. The van der Waals surface area contributed by atoms with Crippen molar-refractivity contribution < 1.29 is 4.79 Å². The van der Waals surface area contributed by atoms with E-state index in [2.05, 4.69) is 62.3 Å². The summed E-state index contributed by atoms with van der Waals surface area (Å²) >= 11 is 0. The van der Waals surface area contributed by atoms with Gasteiger partial charge in [-0.25, -0.2) is 0 Å². The number of fused-ring (bicyclic) bond motifs is 2. The molecule has 2 aliphatic carbocycles. The minimum absolute atomic E-state index is 0.249. The number of aldehydes is 1. The topological polar surface area (TPSA) is 32.3 Å². The van der Waals surface area contributed by atoms with E-state index < -0.39 is 0 Å². The molecule has 1 heterocycles. The van der Waals surface area contributed by atoms with E-state index in [9.17, 15) is 4.79 Å². The van der Waals surface area contributed by atoms with Gasteiger partial charge in [-0.05, 0) is 88.3 Å². The van der Waals surface area contributed by atoms with Crippen LogP contribution in [-0.4, -0.2) is 37.4 Å². The zero-order valence-corrected chi connectivity index (χ0v) is 19.1. The maximum Gasteiger partial charge on any atom is 0.124 e. The first-order chi connectivity index (χ1) is 14.0. The molecule has 162 valence electrons. The van der Waals surface area contributed by atoms with E-state index in [1.54, 1.807) is 0 Å². The lowest BCUT2D eigenvalue weighted by molar-refractivity contribution is -0.112. The highest BCUT2D eigenvalue weighted by atomic mass is 16.1. The lowest BCUT2D eigenvalue weighted by Gasteiger charge is -2.46. The summed E-state index contributed by atoms with van der Waals surface area (Å²) in [5, 5.41) is 3.53. The fourth-order valence-electron chi connectivity index (χ4n) is 6.24. The van der Waals surface area contributed by atoms with Crippen LogP contribution >= 0.6 is 0 Å². The van der Waals surface area contributed by atoms with E-state index in [-0.39, 0.29) is 5.92 Å². The Hall–Kier alpha value is -1.19. The standard InChI is InChI=1S/C14H19NO.C12H23N/c1-12-4-6-13(7-5-12)9-15-8-2-3-14(10-15)11-16;1-8-4-10-6-9(2)12(13-3)11(5-8)7-10/h4-7,11,14H,2-3,8-10H2,1H3;8-13H,4-7H2,1-3H3. The zero-order valence-electron chi connectivity index (χ0n) is 19.1. The fraction of sp³-hybridized carbons (Fsp3) is 0.731. The van der Waals surface area contributed by atoms with E-state index in [4.69, 9.17) is 0 Å². The summed E-state index contributed by atoms with van der Waals surface area (Å²) in [4.78, 5) is 13.2. The van der Waals surface area contributed by atoms with Gasteiger partial charge < -0.3 is 10.1 Å². The molecule has 1 saturated heterocycles. The van der Waals surface area contributed by atoms with Crippen molar-refractivity contribution in [3.05, 3.63) is 35.4 Å². The van der Waals surface area contributed by atoms with Crippen molar-refractivity contribution in [1.29, 1.82) is 0 Å². The van der Waals surface area contributed by atoms with Crippen LogP contribution in [0.25, 0.3) is 0 Å². The number of aryl methyl sites for hydroxylation is 1. The quantitative estimate of drug-likeness (QED) is 0.719. The minimum atomic E-state index is 0.249. The van der Waals surface area contributed by atoms with E-state index in [0.717, 1.165) is 68.5 Å². The molecule has 29 heavy (non-hydrogen) atoms. The first kappa shape index (κ1) is 22.5. The van der Waals surface area contributed by atoms with Gasteiger partial charge >= 0.3 is 0 Å². The number of hydrogen-bond donors (Lipinski definition) is 1. The van der Waals surface area contributed by atoms with Gasteiger partial charge in [-0.3, -0.25) is 4.90 Å². The van der Waals surface area contributed by atoms with E-state index in [1.165, 1.54) is 36.8 Å². The molecule has 3 fully saturated rings. The molecule has 2 bridgehead atoms. The SMILES string of the molecule is CNC1C(C)CC2CC(C)CC1C2.Cc1ccc(CN2CCCC(C=O)C2)cc1. The average molecular weight is 399 g/mol. The fourth-order valence-corrected chi connectivity index (χ4v) is 6.24. The molecule has 1 aliphatic heterocycles. The maximum atomic E-state index is 10.8. The van der Waals surface area contributed by atoms with E-state index in [0.29, 0.717) is 0 Å². The third kappa shape index (κ3) is 6.39. The van der Waals surface area contributed by atoms with Crippen molar-refractivity contribution in [1.82, 2.24) is 10.2 Å². The van der Waals surface area contributed by atoms with Crippen molar-refractivity contribution in [3.63, 3.8) is 0 Å². The third-order valence-corrected chi connectivity index (χ3v) is 7.50. The Bertz CT molecular complexity index is 624. The van der Waals surface area contributed by atoms with Crippen LogP contribution in [-0.2, 0) is 11.3 Å². The number of benzene rings is 1. The summed E-state index contributed by atoms with van der Waals surface area (Å²) in [5.74, 6) is 4.16. The van der Waals surface area contributed by atoms with Crippen LogP contribution in [0.15, 0.2) is 24.3 Å². The van der Waals surface area contributed by atoms with Gasteiger partial charge in [-0.15, -0.1) is 0 Å². The summed E-state index contributed by atoms with van der Waals surface area (Å²) in [6.45, 7) is 9.99. The third-order valence-electron chi connectivity index (χ3n) is 7.50. The second kappa shape index (κ2) is 10.7. The van der Waals surface area contributed by atoms with Crippen molar-refractivity contribution >= 4 is 6.29 Å². The second-order valence-electron chi connectivity index (χ2n) is 10.2. The Kier molecular flexibility index (Phi) is 8.32. The number of nitrogens with one attached hydrogen (secondary N) is 1. The van der Waals surface area contributed by atoms with Gasteiger partial charge in [0, 0.05) is 25.0 Å². The summed E-state index contributed by atoms with van der Waals surface area (Å²) < 4.78 is 0. The van der Waals surface area contributed by atoms with Crippen molar-refractivity contribution in [2.24, 2.45) is 29.6 Å². The smallest absolute Gasteiger partial charge is 0.124 e. The lowest BCUT2D eigenvalue weighted by atomic mass is 9.63. The van der Waals surface area contributed by atoms with Gasteiger partial charge in [-0.2, -0.15) is 0 Å². The first-order valence-electron chi connectivity index (χ1n) is 11.9. The van der Waals surface area contributed by atoms with Gasteiger partial charge in [0.1, 0.15) is 6.29 Å². The molecule has 1 aromatic rings. The van der Waals surface area contributed by atoms with Crippen LogP contribution in [0.3, 0.4) is 0 Å². The molecular weight excluding hydrogens is 356 g/mol. The van der Waals surface area contributed by atoms with Crippen LogP contribution in [0.1, 0.15) is 63.5 Å². The molecule has 3 aliphatic rings. The van der Waals surface area contributed by atoms with Crippen molar-refractivity contribution in [2.75, 3.05) is 20.1 Å². The first-order valence-corrected chi connectivity index (χ1v) is 11.9. The largest absolute Gasteiger partial charge is 0.316 e. The predicted octanol–water partition coefficient (Wildman–Crippen LogP) is 5.07. The maximum absolute atomic E-state index is 10.8. The summed E-state index contributed by atoms with van der Waals surface area (Å²) in [6.07, 6.45) is 9.25. The Morgan fingerprint density at radius 3 is 2.55 bits per heavy atom. The number of carbonyl (C=O) groups is 1. The van der Waals surface area contributed by atoms with Crippen LogP contribution in [0.2, 0.25) is 0 Å². The number of carbonyl (C=O) groups excluding carboxylic acids is 1. The highest BCUT2D eigenvalue weighted by molar-refractivity contribution is 5.53. The molecule has 6 atom stereocenters. The molecule has 0 radical (unpaired) electrons. The van der Waals surface area contributed by atoms with Gasteiger partial charge in [-0.1, -0.05) is 43.7 Å². The number of hydrogen-bond acceptors (Lipinski definition) is 3. The Labute approximate surface area is 178 Å². The number of piperidine rings is 1. The van der Waals surface area contributed by atoms with Crippen molar-refractivity contribution in [3.8, 4) is 0 Å². The molecule has 0 amide bonds. The van der Waals surface area contributed by atoms with E-state index >= 15 is 0 Å². The van der Waals surface area contributed by atoms with Gasteiger partial charge in [0.05, 0.1) is 0 Å². The normalized spacial score (nSPS) is 34.8. The highest BCUT2D eigenvalue weighted by Crippen LogP contribution is 2.44. The number of rotatable bonds is 4. The van der Waals surface area contributed by atoms with Crippen LogP contribution in [0.5, 0.6) is 0 Å². The molecular formula is C26H42N2O. The zero-order chi connectivity index (χ0) is 20.8. The lowest BCUT2D eigenvalue weighted by Crippen LogP contribution is -2.47. The number of nitrogens with zero attached hydrogens (tertiary/aromatic N) is 1. The monoisotopic (exact) mass is 398 g/mol. The van der Waals surface area contributed by atoms with Gasteiger partial charge in [0.2, 0.25) is 0 Å². The molecule has 6 unspecified atom stereocenters. The van der Waals surface area contributed by atoms with Gasteiger partial charge in [0.25, 0.3) is 0 Å². The highest BCUT2D eigenvalue weighted by Gasteiger charge is 2.38. The second-order valence-corrected chi connectivity index (χ2v) is 10.2. The predicted molar refractivity (Wildman–Crippen MR) is 122 cm³/mol. The molecule has 4 rings (SSSR count). The summed E-state index contributed by atoms with van der Waals surface area (Å²) in [6, 6.07) is 9.46. The molecule has 2 saturated carbocycles. The van der Waals surface area contributed by atoms with E-state index in [1.807, 2.05) is 0 Å². The average Bonchev–Trinajstić information content (AvgIpc) is 2.70. The van der Waals surface area contributed by atoms with Crippen LogP contribution in [0.4, 0.5) is 0 Å².